The first-order valence-corrected chi connectivity index (χ1v) is 14.2. The molecule has 4 aromatic rings. The number of carbonyl (C=O) groups excluding carboxylic acids is 1. The number of carbonyl (C=O) groups is 1. The maximum Gasteiger partial charge on any atom is 0.413 e. The summed E-state index contributed by atoms with van der Waals surface area (Å²) in [7, 11) is 2.00. The van der Waals surface area contributed by atoms with Crippen molar-refractivity contribution >= 4 is 69.8 Å². The smallest absolute Gasteiger partial charge is 0.413 e. The van der Waals surface area contributed by atoms with Crippen molar-refractivity contribution in [1.82, 2.24) is 15.6 Å². The fourth-order valence-electron chi connectivity index (χ4n) is 3.83. The second kappa shape index (κ2) is 15.5. The zero-order valence-electron chi connectivity index (χ0n) is 24.5. The molecule has 1 heterocycles. The van der Waals surface area contributed by atoms with E-state index in [1.807, 2.05) is 98.0 Å². The highest BCUT2D eigenvalue weighted by atomic mass is 35.5. The standard InChI is InChI=1S/C27H28Cl2N4O2.C2H6B.C2H6/c1-16(31-26(34)35-27(2,3)4)30-12-11-17-13-21(32-20-8-5-18(28)6-9-20)15-23-22-14-19(29)7-10-24(22)33-25(17)23;1-3-2;1-2/h5-10,13-15,30,32-33H,1,11-12H2,2-4H3,(H,31,34);1-2H3;1-2H3. The van der Waals surface area contributed by atoms with E-state index in [9.17, 15) is 4.79 Å². The third-order valence-corrected chi connectivity index (χ3v) is 5.76. The number of nitrogens with one attached hydrogen (secondary N) is 4. The topological polar surface area (TPSA) is 78.2 Å². The molecule has 40 heavy (non-hydrogen) atoms. The maximum absolute atomic E-state index is 12.0. The molecule has 9 heteroatoms. The van der Waals surface area contributed by atoms with Crippen LogP contribution in [0.4, 0.5) is 16.2 Å². The van der Waals surface area contributed by atoms with E-state index >= 15 is 0 Å². The van der Waals surface area contributed by atoms with Crippen molar-refractivity contribution in [2.24, 2.45) is 0 Å². The predicted octanol–water partition coefficient (Wildman–Crippen LogP) is 9.31. The molecule has 6 nitrogen and oxygen atoms in total. The van der Waals surface area contributed by atoms with Gasteiger partial charge >= 0.3 is 6.09 Å². The molecule has 0 saturated heterocycles. The third kappa shape index (κ3) is 10.0. The van der Waals surface area contributed by atoms with Gasteiger partial charge in [-0.25, -0.2) is 4.79 Å². The molecule has 0 fully saturated rings. The van der Waals surface area contributed by atoms with Crippen molar-refractivity contribution in [3.63, 3.8) is 0 Å². The number of fused-ring (bicyclic) bond motifs is 3. The summed E-state index contributed by atoms with van der Waals surface area (Å²) in [5, 5.41) is 12.7. The molecule has 0 saturated carbocycles. The van der Waals surface area contributed by atoms with Gasteiger partial charge in [-0.1, -0.05) is 57.3 Å². The summed E-state index contributed by atoms with van der Waals surface area (Å²) < 4.78 is 5.27. The van der Waals surface area contributed by atoms with E-state index in [1.165, 1.54) is 0 Å². The molecule has 4 N–H and O–H groups in total. The number of hydrogen-bond donors (Lipinski definition) is 4. The molecular formula is C31H40BCl2N4O2. The van der Waals surface area contributed by atoms with Crippen molar-refractivity contribution in [2.45, 2.75) is 60.3 Å². The molecule has 0 spiro atoms. The predicted molar refractivity (Wildman–Crippen MR) is 175 cm³/mol. The van der Waals surface area contributed by atoms with Gasteiger partial charge < -0.3 is 20.4 Å². The Morgan fingerprint density at radius 1 is 0.950 bits per heavy atom. The van der Waals surface area contributed by atoms with Crippen molar-refractivity contribution in [2.75, 3.05) is 11.9 Å². The van der Waals surface area contributed by atoms with Crippen molar-refractivity contribution in [3.05, 3.63) is 82.6 Å². The van der Waals surface area contributed by atoms with Crippen LogP contribution < -0.4 is 16.0 Å². The average molecular weight is 582 g/mol. The van der Waals surface area contributed by atoms with Gasteiger partial charge in [0.25, 0.3) is 0 Å². The second-order valence-corrected chi connectivity index (χ2v) is 10.7. The average Bonchev–Trinajstić information content (AvgIpc) is 3.24. The number of benzene rings is 3. The fourth-order valence-corrected chi connectivity index (χ4v) is 4.13. The Labute approximate surface area is 249 Å². The van der Waals surface area contributed by atoms with Crippen molar-refractivity contribution in [1.29, 1.82) is 0 Å². The van der Waals surface area contributed by atoms with Crippen LogP contribution in [0.15, 0.2) is 67.0 Å². The molecule has 0 aliphatic rings. The lowest BCUT2D eigenvalue weighted by Gasteiger charge is -2.20. The SMILES string of the molecule is C=C(NCCc1cc(Nc2ccc(Cl)cc2)cc2c1[nH]c1ccc(Cl)cc12)NC(=O)OC(C)(C)C.CC.C[B]C. The van der Waals surface area contributed by atoms with E-state index in [0.717, 1.165) is 38.7 Å². The Hall–Kier alpha value is -3.29. The summed E-state index contributed by atoms with van der Waals surface area (Å²) in [5.41, 5.74) is 4.46. The first-order valence-electron chi connectivity index (χ1n) is 13.4. The van der Waals surface area contributed by atoms with Gasteiger partial charge in [0.05, 0.1) is 0 Å². The molecule has 3 aromatic carbocycles. The first kappa shape index (κ1) is 32.9. The Morgan fingerprint density at radius 2 is 1.57 bits per heavy atom. The Balaban J connectivity index is 0.00000105. The molecular weight excluding hydrogens is 542 g/mol. The zero-order chi connectivity index (χ0) is 29.9. The van der Waals surface area contributed by atoms with Gasteiger partial charge in [0.1, 0.15) is 18.7 Å². The van der Waals surface area contributed by atoms with Crippen LogP contribution >= 0.6 is 23.2 Å². The third-order valence-electron chi connectivity index (χ3n) is 5.27. The monoisotopic (exact) mass is 581 g/mol. The zero-order valence-corrected chi connectivity index (χ0v) is 26.0. The molecule has 0 aliphatic heterocycles. The number of amides is 1. The first-order chi connectivity index (χ1) is 19.0. The van der Waals surface area contributed by atoms with E-state index in [-0.39, 0.29) is 0 Å². The lowest BCUT2D eigenvalue weighted by Crippen LogP contribution is -2.36. The molecule has 0 aliphatic carbocycles. The van der Waals surface area contributed by atoms with Crippen LogP contribution in [-0.4, -0.2) is 30.5 Å². The van der Waals surface area contributed by atoms with E-state index < -0.39 is 11.7 Å². The van der Waals surface area contributed by atoms with E-state index in [4.69, 9.17) is 27.9 Å². The van der Waals surface area contributed by atoms with E-state index in [1.54, 1.807) is 0 Å². The minimum absolute atomic E-state index is 0.384. The van der Waals surface area contributed by atoms with Crippen LogP contribution in [0.1, 0.15) is 40.2 Å². The number of hydrogen-bond acceptors (Lipinski definition) is 4. The minimum atomic E-state index is -0.577. The molecule has 213 valence electrons. The summed E-state index contributed by atoms with van der Waals surface area (Å²) in [5.74, 6) is 0.384. The van der Waals surface area contributed by atoms with Gasteiger partial charge in [-0.05, 0) is 87.4 Å². The van der Waals surface area contributed by atoms with Crippen LogP contribution in [0.5, 0.6) is 0 Å². The summed E-state index contributed by atoms with van der Waals surface area (Å²) in [6, 6.07) is 17.6. The fraction of sp³-hybridized carbons (Fsp3) is 0.323. The molecule has 0 bridgehead atoms. The quantitative estimate of drug-likeness (QED) is 0.164. The van der Waals surface area contributed by atoms with Gasteiger partial charge in [-0.3, -0.25) is 5.32 Å². The van der Waals surface area contributed by atoms with Crippen LogP contribution in [0.2, 0.25) is 23.7 Å². The molecule has 4 rings (SSSR count). The molecule has 1 aromatic heterocycles. The minimum Gasteiger partial charge on any atom is -0.444 e. The lowest BCUT2D eigenvalue weighted by atomic mass is 9.88. The molecule has 1 amide bonds. The largest absolute Gasteiger partial charge is 0.444 e. The van der Waals surface area contributed by atoms with E-state index in [2.05, 4.69) is 39.6 Å². The maximum atomic E-state index is 12.0. The van der Waals surface area contributed by atoms with Gasteiger partial charge in [-0.15, -0.1) is 0 Å². The Morgan fingerprint density at radius 3 is 2.20 bits per heavy atom. The van der Waals surface area contributed by atoms with Crippen LogP contribution in [0.3, 0.4) is 0 Å². The highest BCUT2D eigenvalue weighted by Gasteiger charge is 2.16. The summed E-state index contributed by atoms with van der Waals surface area (Å²) in [6.07, 6.45) is 0.140. The summed E-state index contributed by atoms with van der Waals surface area (Å²) >= 11 is 12.3. The van der Waals surface area contributed by atoms with E-state index in [0.29, 0.717) is 28.8 Å². The summed E-state index contributed by atoms with van der Waals surface area (Å²) in [4.78, 5) is 15.5. The Bertz CT molecular complexity index is 1410. The van der Waals surface area contributed by atoms with Gasteiger partial charge in [0.2, 0.25) is 0 Å². The number of aromatic amines is 1. The molecule has 1 radical (unpaired) electrons. The van der Waals surface area contributed by atoms with Crippen LogP contribution in [0.25, 0.3) is 21.8 Å². The van der Waals surface area contributed by atoms with Crippen LogP contribution in [0, 0.1) is 0 Å². The van der Waals surface area contributed by atoms with Crippen molar-refractivity contribution in [3.8, 4) is 0 Å². The number of halogens is 2. The number of H-pyrrole nitrogens is 1. The highest BCUT2D eigenvalue weighted by Crippen LogP contribution is 2.33. The van der Waals surface area contributed by atoms with Crippen molar-refractivity contribution < 1.29 is 9.53 Å². The summed E-state index contributed by atoms with van der Waals surface area (Å²) in [6.45, 7) is 17.9. The number of ether oxygens (including phenoxy) is 1. The highest BCUT2D eigenvalue weighted by molar-refractivity contribution is 6.32. The number of aromatic nitrogens is 1. The van der Waals surface area contributed by atoms with Gasteiger partial charge in [0.15, 0.2) is 0 Å². The Kier molecular flexibility index (Phi) is 12.7. The lowest BCUT2D eigenvalue weighted by molar-refractivity contribution is 0.0542. The molecule has 0 atom stereocenters. The number of anilines is 2. The van der Waals surface area contributed by atoms with Gasteiger partial charge in [0, 0.05) is 49.8 Å². The number of rotatable bonds is 7. The van der Waals surface area contributed by atoms with Gasteiger partial charge in [-0.2, -0.15) is 0 Å². The van der Waals surface area contributed by atoms with Crippen LogP contribution in [-0.2, 0) is 11.2 Å². The normalized spacial score (nSPS) is 10.5. The second-order valence-electron chi connectivity index (χ2n) is 9.86. The number of alkyl carbamates (subject to hydrolysis) is 1. The molecule has 0 unspecified atom stereocenters.